The Morgan fingerprint density at radius 3 is 2.63 bits per heavy atom. The number of pyridine rings is 1. The topological polar surface area (TPSA) is 109 Å². The molecule has 9 heteroatoms. The van der Waals surface area contributed by atoms with Gasteiger partial charge in [-0.3, -0.25) is 10.1 Å². The maximum absolute atomic E-state index is 12.8. The first-order valence-electron chi connectivity index (χ1n) is 8.33. The lowest BCUT2D eigenvalue weighted by Gasteiger charge is -2.25. The molecule has 3 heterocycles. The van der Waals surface area contributed by atoms with E-state index in [-0.39, 0.29) is 17.1 Å². The Bertz CT molecular complexity index is 1150. The summed E-state index contributed by atoms with van der Waals surface area (Å²) in [5.74, 6) is 0. The third-order valence-electron chi connectivity index (χ3n) is 4.65. The number of aromatic amines is 1. The SMILES string of the molecule is O=[N+]([O-])c1ccc(S(=O)(=O)N2CC=C(c3c[nH]c4ncccc34)CC2)cc1. The average molecular weight is 384 g/mol. The van der Waals surface area contributed by atoms with Gasteiger partial charge < -0.3 is 4.98 Å². The molecule has 3 aromatic rings. The third kappa shape index (κ3) is 3.11. The van der Waals surface area contributed by atoms with Crippen LogP contribution in [0.2, 0.25) is 0 Å². The van der Waals surface area contributed by atoms with Gasteiger partial charge in [0.25, 0.3) is 5.69 Å². The van der Waals surface area contributed by atoms with E-state index in [2.05, 4.69) is 9.97 Å². The fourth-order valence-corrected chi connectivity index (χ4v) is 4.60. The molecule has 0 fully saturated rings. The Morgan fingerprint density at radius 2 is 1.96 bits per heavy atom. The Morgan fingerprint density at radius 1 is 1.19 bits per heavy atom. The number of nitrogens with one attached hydrogen (secondary N) is 1. The lowest BCUT2D eigenvalue weighted by molar-refractivity contribution is -0.384. The number of nitro benzene ring substituents is 1. The highest BCUT2D eigenvalue weighted by Crippen LogP contribution is 2.30. The monoisotopic (exact) mass is 384 g/mol. The standard InChI is InChI=1S/C18H16N4O4S/c23-22(24)14-3-5-15(6-4-14)27(25,26)21-10-7-13(8-11-21)17-12-20-18-16(17)2-1-9-19-18/h1-7,9,12H,8,10-11H2,(H,19,20). The van der Waals surface area contributed by atoms with Crippen molar-refractivity contribution in [2.75, 3.05) is 13.1 Å². The summed E-state index contributed by atoms with van der Waals surface area (Å²) in [5, 5.41) is 11.7. The van der Waals surface area contributed by atoms with Crippen LogP contribution < -0.4 is 0 Å². The van der Waals surface area contributed by atoms with Gasteiger partial charge in [-0.25, -0.2) is 13.4 Å². The summed E-state index contributed by atoms with van der Waals surface area (Å²) >= 11 is 0. The van der Waals surface area contributed by atoms with E-state index in [4.69, 9.17) is 0 Å². The van der Waals surface area contributed by atoms with Crippen molar-refractivity contribution in [3.05, 3.63) is 70.5 Å². The number of benzene rings is 1. The van der Waals surface area contributed by atoms with Gasteiger partial charge in [0.05, 0.1) is 9.82 Å². The van der Waals surface area contributed by atoms with Crippen molar-refractivity contribution >= 4 is 32.3 Å². The molecule has 1 aliphatic rings. The lowest BCUT2D eigenvalue weighted by atomic mass is 10.0. The zero-order valence-electron chi connectivity index (χ0n) is 14.2. The van der Waals surface area contributed by atoms with E-state index < -0.39 is 14.9 Å². The first-order valence-corrected chi connectivity index (χ1v) is 9.77. The van der Waals surface area contributed by atoms with Crippen LogP contribution in [-0.2, 0) is 10.0 Å². The molecule has 0 aliphatic carbocycles. The smallest absolute Gasteiger partial charge is 0.269 e. The van der Waals surface area contributed by atoms with Crippen LogP contribution in [0, 0.1) is 10.1 Å². The zero-order chi connectivity index (χ0) is 19.0. The third-order valence-corrected chi connectivity index (χ3v) is 6.53. The molecule has 1 N–H and O–H groups in total. The van der Waals surface area contributed by atoms with Crippen LogP contribution in [-0.4, -0.2) is 40.7 Å². The van der Waals surface area contributed by atoms with E-state index in [9.17, 15) is 18.5 Å². The van der Waals surface area contributed by atoms with Gasteiger partial charge in [0.2, 0.25) is 10.0 Å². The van der Waals surface area contributed by atoms with Gasteiger partial charge >= 0.3 is 0 Å². The van der Waals surface area contributed by atoms with Crippen molar-refractivity contribution < 1.29 is 13.3 Å². The molecular weight excluding hydrogens is 368 g/mol. The van der Waals surface area contributed by atoms with Gasteiger partial charge in [0.15, 0.2) is 0 Å². The number of non-ortho nitro benzene ring substituents is 1. The molecule has 0 spiro atoms. The lowest BCUT2D eigenvalue weighted by Crippen LogP contribution is -2.34. The predicted molar refractivity (Wildman–Crippen MR) is 101 cm³/mol. The van der Waals surface area contributed by atoms with E-state index in [1.54, 1.807) is 6.20 Å². The van der Waals surface area contributed by atoms with Gasteiger partial charge in [-0.05, 0) is 36.3 Å². The van der Waals surface area contributed by atoms with E-state index in [0.29, 0.717) is 13.0 Å². The first kappa shape index (κ1) is 17.4. The predicted octanol–water partition coefficient (Wildman–Crippen LogP) is 2.95. The number of rotatable bonds is 4. The highest BCUT2D eigenvalue weighted by atomic mass is 32.2. The van der Waals surface area contributed by atoms with Gasteiger partial charge in [-0.2, -0.15) is 4.31 Å². The Hall–Kier alpha value is -3.04. The maximum atomic E-state index is 12.8. The summed E-state index contributed by atoms with van der Waals surface area (Å²) < 4.78 is 26.9. The van der Waals surface area contributed by atoms with Crippen molar-refractivity contribution in [1.29, 1.82) is 0 Å². The van der Waals surface area contributed by atoms with E-state index in [0.717, 1.165) is 22.2 Å². The average Bonchev–Trinajstić information content (AvgIpc) is 3.12. The number of hydrogen-bond donors (Lipinski definition) is 1. The van der Waals surface area contributed by atoms with E-state index in [1.807, 2.05) is 24.4 Å². The summed E-state index contributed by atoms with van der Waals surface area (Å²) in [4.78, 5) is 17.6. The second-order valence-corrected chi connectivity index (χ2v) is 8.13. The molecule has 8 nitrogen and oxygen atoms in total. The maximum Gasteiger partial charge on any atom is 0.269 e. The minimum atomic E-state index is -3.69. The summed E-state index contributed by atoms with van der Waals surface area (Å²) in [6, 6.07) is 8.81. The minimum absolute atomic E-state index is 0.0567. The highest BCUT2D eigenvalue weighted by molar-refractivity contribution is 7.89. The molecule has 0 amide bonds. The molecule has 0 saturated carbocycles. The zero-order valence-corrected chi connectivity index (χ0v) is 15.0. The molecule has 1 aromatic carbocycles. The number of aromatic nitrogens is 2. The number of hydrogen-bond acceptors (Lipinski definition) is 5. The number of nitrogens with zero attached hydrogens (tertiary/aromatic N) is 3. The van der Waals surface area contributed by atoms with Gasteiger partial charge in [-0.1, -0.05) is 6.08 Å². The van der Waals surface area contributed by atoms with Crippen LogP contribution in [0.4, 0.5) is 5.69 Å². The molecule has 0 bridgehead atoms. The number of H-pyrrole nitrogens is 1. The second-order valence-electron chi connectivity index (χ2n) is 6.20. The van der Waals surface area contributed by atoms with Crippen molar-refractivity contribution in [3.8, 4) is 0 Å². The molecular formula is C18H16N4O4S. The fourth-order valence-electron chi connectivity index (χ4n) is 3.22. The number of sulfonamides is 1. The fraction of sp³-hybridized carbons (Fsp3) is 0.167. The van der Waals surface area contributed by atoms with Crippen molar-refractivity contribution in [1.82, 2.24) is 14.3 Å². The number of fused-ring (bicyclic) bond motifs is 1. The molecule has 0 saturated heterocycles. The summed E-state index contributed by atoms with van der Waals surface area (Å²) in [6.07, 6.45) is 6.09. The van der Waals surface area contributed by atoms with Crippen LogP contribution >= 0.6 is 0 Å². The van der Waals surface area contributed by atoms with Crippen molar-refractivity contribution in [3.63, 3.8) is 0 Å². The molecule has 4 rings (SSSR count). The normalized spacial score (nSPS) is 15.6. The van der Waals surface area contributed by atoms with E-state index in [1.165, 1.54) is 28.6 Å². The molecule has 0 atom stereocenters. The Kier molecular flexibility index (Phi) is 4.25. The van der Waals surface area contributed by atoms with Crippen LogP contribution in [0.3, 0.4) is 0 Å². The van der Waals surface area contributed by atoms with Gasteiger partial charge in [0.1, 0.15) is 5.65 Å². The van der Waals surface area contributed by atoms with Crippen LogP contribution in [0.5, 0.6) is 0 Å². The molecule has 1 aliphatic heterocycles. The summed E-state index contributed by atoms with van der Waals surface area (Å²) in [7, 11) is -3.69. The molecule has 0 radical (unpaired) electrons. The quantitative estimate of drug-likeness (QED) is 0.549. The van der Waals surface area contributed by atoms with Gasteiger partial charge in [-0.15, -0.1) is 0 Å². The highest BCUT2D eigenvalue weighted by Gasteiger charge is 2.27. The molecule has 27 heavy (non-hydrogen) atoms. The molecule has 138 valence electrons. The minimum Gasteiger partial charge on any atom is -0.346 e. The first-order chi connectivity index (χ1) is 13.0. The molecule has 0 unspecified atom stereocenters. The number of nitro groups is 1. The van der Waals surface area contributed by atoms with Crippen molar-refractivity contribution in [2.24, 2.45) is 0 Å². The summed E-state index contributed by atoms with van der Waals surface area (Å²) in [5.41, 5.74) is 2.77. The Labute approximate surface area is 155 Å². The van der Waals surface area contributed by atoms with Crippen LogP contribution in [0.25, 0.3) is 16.6 Å². The Balaban J connectivity index is 1.58. The van der Waals surface area contributed by atoms with Gasteiger partial charge in [0, 0.05) is 48.6 Å². The van der Waals surface area contributed by atoms with Crippen molar-refractivity contribution in [2.45, 2.75) is 11.3 Å². The largest absolute Gasteiger partial charge is 0.346 e. The van der Waals surface area contributed by atoms with Crippen LogP contribution in [0.1, 0.15) is 12.0 Å². The second kappa shape index (κ2) is 6.60. The van der Waals surface area contributed by atoms with E-state index >= 15 is 0 Å². The molecule has 2 aromatic heterocycles. The van der Waals surface area contributed by atoms with Crippen LogP contribution in [0.15, 0.2) is 59.8 Å². The summed E-state index contributed by atoms with van der Waals surface area (Å²) in [6.45, 7) is 0.597.